The summed E-state index contributed by atoms with van der Waals surface area (Å²) < 4.78 is 0. The predicted octanol–water partition coefficient (Wildman–Crippen LogP) is 0.655. The Morgan fingerprint density at radius 2 is 2.64 bits per heavy atom. The van der Waals surface area contributed by atoms with Crippen molar-refractivity contribution < 1.29 is 4.79 Å². The molecule has 4 heteroatoms. The van der Waals surface area contributed by atoms with E-state index in [4.69, 9.17) is 0 Å². The summed E-state index contributed by atoms with van der Waals surface area (Å²) in [6.45, 7) is 0. The second kappa shape index (κ2) is 4.71. The van der Waals surface area contributed by atoms with Gasteiger partial charge in [-0.25, -0.2) is 0 Å². The summed E-state index contributed by atoms with van der Waals surface area (Å²) >= 11 is 0. The van der Waals surface area contributed by atoms with Gasteiger partial charge in [-0.3, -0.25) is 5.10 Å². The van der Waals surface area contributed by atoms with E-state index in [0.717, 1.165) is 25.3 Å². The van der Waals surface area contributed by atoms with Crippen LogP contribution in [0.2, 0.25) is 6.32 Å². The Morgan fingerprint density at radius 3 is 3.27 bits per heavy atom. The first-order valence-corrected chi connectivity index (χ1v) is 3.68. The number of aryl methyl sites for hydroxylation is 1. The van der Waals surface area contributed by atoms with Crippen LogP contribution in [0, 0.1) is 0 Å². The van der Waals surface area contributed by atoms with E-state index in [-0.39, 0.29) is 0 Å². The highest BCUT2D eigenvalue weighted by atomic mass is 16.1. The fourth-order valence-corrected chi connectivity index (χ4v) is 0.906. The Morgan fingerprint density at radius 1 is 1.73 bits per heavy atom. The molecule has 0 aliphatic heterocycles. The number of aromatic amines is 1. The molecule has 1 radical (unpaired) electrons. The minimum absolute atomic E-state index is 0.843. The highest BCUT2D eigenvalue weighted by Crippen LogP contribution is 2.00. The highest BCUT2D eigenvalue weighted by Gasteiger charge is 1.93. The summed E-state index contributed by atoms with van der Waals surface area (Å²) in [5.74, 6) is 0. The van der Waals surface area contributed by atoms with Gasteiger partial charge in [0.25, 0.3) is 0 Å². The smallest absolute Gasteiger partial charge is 0.197 e. The van der Waals surface area contributed by atoms with E-state index < -0.39 is 0 Å². The van der Waals surface area contributed by atoms with Crippen molar-refractivity contribution in [2.24, 2.45) is 0 Å². The van der Waals surface area contributed by atoms with Crippen LogP contribution in [-0.2, 0) is 11.2 Å². The molecule has 0 saturated heterocycles. The van der Waals surface area contributed by atoms with Crippen molar-refractivity contribution in [3.05, 3.63) is 18.0 Å². The molecule has 11 heavy (non-hydrogen) atoms. The first kappa shape index (κ1) is 8.05. The lowest BCUT2D eigenvalue weighted by atomic mass is 9.75. The van der Waals surface area contributed by atoms with Gasteiger partial charge in [0.1, 0.15) is 0 Å². The van der Waals surface area contributed by atoms with Crippen molar-refractivity contribution in [1.29, 1.82) is 0 Å². The molecule has 0 unspecified atom stereocenters. The van der Waals surface area contributed by atoms with Gasteiger partial charge in [-0.05, 0) is 12.0 Å². The zero-order chi connectivity index (χ0) is 7.94. The van der Waals surface area contributed by atoms with Crippen LogP contribution in [0.5, 0.6) is 0 Å². The quantitative estimate of drug-likeness (QED) is 0.379. The van der Waals surface area contributed by atoms with Crippen LogP contribution in [-0.4, -0.2) is 23.7 Å². The SMILES string of the molecule is O=C[B]CCCc1cn[nH]c1. The van der Waals surface area contributed by atoms with Gasteiger partial charge in [-0.1, -0.05) is 12.7 Å². The number of rotatable bonds is 5. The minimum Gasteiger partial charge on any atom is -0.316 e. The van der Waals surface area contributed by atoms with Crippen LogP contribution in [0.25, 0.3) is 0 Å². The van der Waals surface area contributed by atoms with Crippen molar-refractivity contribution in [3.63, 3.8) is 0 Å². The first-order chi connectivity index (χ1) is 5.43. The molecule has 0 amide bonds. The summed E-state index contributed by atoms with van der Waals surface area (Å²) in [5, 5.41) is 6.56. The van der Waals surface area contributed by atoms with E-state index in [2.05, 4.69) is 10.2 Å². The standard InChI is InChI=1S/C7H10BN2O/c11-6-8-3-1-2-7-4-9-10-5-7/h4-6H,1-3H2,(H,9,10). The van der Waals surface area contributed by atoms with Gasteiger partial charge in [0.15, 0.2) is 7.28 Å². The van der Waals surface area contributed by atoms with Crippen LogP contribution in [0.15, 0.2) is 12.4 Å². The van der Waals surface area contributed by atoms with Gasteiger partial charge in [-0.15, -0.1) is 0 Å². The molecule has 1 N–H and O–H groups in total. The van der Waals surface area contributed by atoms with Crippen LogP contribution < -0.4 is 0 Å². The van der Waals surface area contributed by atoms with Crippen molar-refractivity contribution in [3.8, 4) is 0 Å². The fourth-order valence-electron chi connectivity index (χ4n) is 0.906. The molecular weight excluding hydrogens is 139 g/mol. The third-order valence-electron chi connectivity index (χ3n) is 1.49. The second-order valence-corrected chi connectivity index (χ2v) is 2.37. The van der Waals surface area contributed by atoms with Crippen molar-refractivity contribution >= 4 is 13.5 Å². The molecule has 0 aliphatic rings. The van der Waals surface area contributed by atoms with E-state index in [1.807, 2.05) is 6.20 Å². The molecule has 1 rings (SSSR count). The molecule has 0 spiro atoms. The average Bonchev–Trinajstić information content (AvgIpc) is 2.50. The van der Waals surface area contributed by atoms with E-state index in [1.165, 1.54) is 5.56 Å². The average molecular weight is 149 g/mol. The van der Waals surface area contributed by atoms with E-state index >= 15 is 0 Å². The maximum Gasteiger partial charge on any atom is 0.197 e. The molecule has 0 fully saturated rings. The summed E-state index contributed by atoms with van der Waals surface area (Å²) in [6, 6.07) is 0. The van der Waals surface area contributed by atoms with Crippen LogP contribution in [0.4, 0.5) is 0 Å². The summed E-state index contributed by atoms with van der Waals surface area (Å²) in [4.78, 5) is 9.89. The van der Waals surface area contributed by atoms with Crippen LogP contribution >= 0.6 is 0 Å². The third kappa shape index (κ3) is 3.02. The number of aromatic nitrogens is 2. The summed E-state index contributed by atoms with van der Waals surface area (Å²) in [6.07, 6.45) is 7.38. The third-order valence-corrected chi connectivity index (χ3v) is 1.49. The number of hydrogen-bond acceptors (Lipinski definition) is 2. The van der Waals surface area contributed by atoms with Gasteiger partial charge in [0, 0.05) is 6.20 Å². The van der Waals surface area contributed by atoms with E-state index in [0.29, 0.717) is 0 Å². The zero-order valence-electron chi connectivity index (χ0n) is 6.29. The van der Waals surface area contributed by atoms with Gasteiger partial charge < -0.3 is 4.79 Å². The largest absolute Gasteiger partial charge is 0.316 e. The number of hydrogen-bond donors (Lipinski definition) is 1. The molecule has 0 aliphatic carbocycles. The number of carbonyl (C=O) groups is 1. The number of nitrogens with one attached hydrogen (secondary N) is 1. The van der Waals surface area contributed by atoms with Crippen molar-refractivity contribution in [2.45, 2.75) is 19.2 Å². The van der Waals surface area contributed by atoms with E-state index in [9.17, 15) is 4.79 Å². The molecule has 1 aromatic rings. The van der Waals surface area contributed by atoms with E-state index in [1.54, 1.807) is 13.5 Å². The minimum atomic E-state index is 0.843. The monoisotopic (exact) mass is 149 g/mol. The number of carbonyl (C=O) groups excluding carboxylic acids is 1. The molecule has 0 saturated carbocycles. The summed E-state index contributed by atoms with van der Waals surface area (Å²) in [5.41, 5.74) is 1.20. The Hall–Kier alpha value is -1.06. The zero-order valence-corrected chi connectivity index (χ0v) is 6.29. The Bertz CT molecular complexity index is 198. The van der Waals surface area contributed by atoms with Crippen LogP contribution in [0.3, 0.4) is 0 Å². The molecule has 1 heterocycles. The normalized spacial score (nSPS) is 9.45. The van der Waals surface area contributed by atoms with Gasteiger partial charge in [0.2, 0.25) is 0 Å². The molecule has 1 aromatic heterocycles. The topological polar surface area (TPSA) is 45.8 Å². The Balaban J connectivity index is 2.09. The van der Waals surface area contributed by atoms with Gasteiger partial charge in [-0.2, -0.15) is 5.10 Å². The second-order valence-electron chi connectivity index (χ2n) is 2.37. The van der Waals surface area contributed by atoms with Crippen molar-refractivity contribution in [1.82, 2.24) is 10.2 Å². The Labute approximate surface area is 66.4 Å². The maximum atomic E-state index is 9.89. The molecule has 0 aromatic carbocycles. The highest BCUT2D eigenvalue weighted by molar-refractivity contribution is 6.66. The lowest BCUT2D eigenvalue weighted by molar-refractivity contribution is 0.568. The predicted molar refractivity (Wildman–Crippen MR) is 44.2 cm³/mol. The van der Waals surface area contributed by atoms with Gasteiger partial charge >= 0.3 is 0 Å². The summed E-state index contributed by atoms with van der Waals surface area (Å²) in [7, 11) is 1.64. The molecule has 0 bridgehead atoms. The molecule has 3 nitrogen and oxygen atoms in total. The lowest BCUT2D eigenvalue weighted by Crippen LogP contribution is -1.91. The lowest BCUT2D eigenvalue weighted by Gasteiger charge is -1.91. The number of nitrogens with zero attached hydrogens (tertiary/aromatic N) is 1. The van der Waals surface area contributed by atoms with Gasteiger partial charge in [0.05, 0.1) is 12.4 Å². The maximum absolute atomic E-state index is 9.89. The fraction of sp³-hybridized carbons (Fsp3) is 0.429. The molecule has 0 atom stereocenters. The van der Waals surface area contributed by atoms with Crippen LogP contribution in [0.1, 0.15) is 12.0 Å². The number of H-pyrrole nitrogens is 1. The first-order valence-electron chi connectivity index (χ1n) is 3.68. The Kier molecular flexibility index (Phi) is 3.45. The van der Waals surface area contributed by atoms with Crippen molar-refractivity contribution in [2.75, 3.05) is 0 Å². The molecular formula is C7H10BN2O. The molecule has 57 valence electrons.